The zero-order chi connectivity index (χ0) is 23.3. The molecule has 4 rings (SSSR count). The van der Waals surface area contributed by atoms with Crippen LogP contribution >= 0.6 is 11.6 Å². The lowest BCUT2D eigenvalue weighted by atomic mass is 10.1. The number of benzene rings is 2. The summed E-state index contributed by atoms with van der Waals surface area (Å²) >= 11 is 6.02. The molecule has 4 nitrogen and oxygen atoms in total. The fraction of sp³-hybridized carbons (Fsp3) is 0.0909. The number of hydrazone groups is 1. The third-order valence-electron chi connectivity index (χ3n) is 4.84. The van der Waals surface area contributed by atoms with Crippen molar-refractivity contribution < 1.29 is 31.2 Å². The minimum absolute atomic E-state index is 0.00386. The van der Waals surface area contributed by atoms with E-state index < -0.39 is 40.7 Å². The molecule has 0 bridgehead atoms. The molecule has 0 fully saturated rings. The lowest BCUT2D eigenvalue weighted by Gasteiger charge is -2.14. The smallest absolute Gasteiger partial charge is 0.280 e. The van der Waals surface area contributed by atoms with E-state index in [2.05, 4.69) is 5.10 Å². The van der Waals surface area contributed by atoms with Gasteiger partial charge in [-0.3, -0.25) is 4.79 Å². The predicted molar refractivity (Wildman–Crippen MR) is 109 cm³/mol. The van der Waals surface area contributed by atoms with Crippen molar-refractivity contribution in [3.8, 4) is 11.3 Å². The average Bonchev–Trinajstić information content (AvgIpc) is 3.33. The first-order valence-corrected chi connectivity index (χ1v) is 9.47. The van der Waals surface area contributed by atoms with Gasteiger partial charge in [0.1, 0.15) is 17.2 Å². The zero-order valence-electron chi connectivity index (χ0n) is 16.4. The van der Waals surface area contributed by atoms with Crippen LogP contribution in [-0.2, 0) is 4.79 Å². The molecule has 1 aliphatic rings. The van der Waals surface area contributed by atoms with Gasteiger partial charge >= 0.3 is 0 Å². The summed E-state index contributed by atoms with van der Waals surface area (Å²) in [6, 6.07) is 8.41. The van der Waals surface area contributed by atoms with Crippen LogP contribution in [0.5, 0.6) is 0 Å². The van der Waals surface area contributed by atoms with E-state index in [4.69, 9.17) is 16.0 Å². The summed E-state index contributed by atoms with van der Waals surface area (Å²) in [5.74, 6) is -11.4. The van der Waals surface area contributed by atoms with Gasteiger partial charge in [0.2, 0.25) is 5.82 Å². The molecular formula is C22H12ClF5N2O2. The van der Waals surface area contributed by atoms with Gasteiger partial charge in [-0.25, -0.2) is 22.0 Å². The molecule has 0 unspecified atom stereocenters. The summed E-state index contributed by atoms with van der Waals surface area (Å²) in [6.07, 6.45) is 1.26. The van der Waals surface area contributed by atoms with E-state index >= 15 is 0 Å². The Balaban J connectivity index is 1.72. The summed E-state index contributed by atoms with van der Waals surface area (Å²) in [6.45, 7) is 3.20. The molecule has 1 amide bonds. The molecule has 1 aliphatic heterocycles. The molecule has 2 heterocycles. The fourth-order valence-corrected chi connectivity index (χ4v) is 3.36. The van der Waals surface area contributed by atoms with Crippen molar-refractivity contribution in [1.29, 1.82) is 0 Å². The molecule has 10 heteroatoms. The monoisotopic (exact) mass is 466 g/mol. The number of rotatable bonds is 3. The minimum Gasteiger partial charge on any atom is -0.457 e. The second-order valence-corrected chi connectivity index (χ2v) is 7.38. The van der Waals surface area contributed by atoms with Crippen LogP contribution in [0.15, 0.2) is 45.4 Å². The Kier molecular flexibility index (Phi) is 5.37. The van der Waals surface area contributed by atoms with Crippen molar-refractivity contribution in [3.05, 3.63) is 81.3 Å². The van der Waals surface area contributed by atoms with Crippen molar-refractivity contribution in [2.24, 2.45) is 5.10 Å². The fourth-order valence-electron chi connectivity index (χ4n) is 3.19. The lowest BCUT2D eigenvalue weighted by Crippen LogP contribution is -2.25. The highest BCUT2D eigenvalue weighted by Crippen LogP contribution is 2.34. The van der Waals surface area contributed by atoms with E-state index in [0.29, 0.717) is 16.3 Å². The average molecular weight is 467 g/mol. The van der Waals surface area contributed by atoms with Crippen molar-refractivity contribution >= 4 is 35.0 Å². The second kappa shape index (κ2) is 7.90. The molecule has 0 atom stereocenters. The Morgan fingerprint density at radius 1 is 0.938 bits per heavy atom. The van der Waals surface area contributed by atoms with Crippen LogP contribution in [0.25, 0.3) is 17.4 Å². The molecule has 1 aromatic heterocycles. The van der Waals surface area contributed by atoms with Gasteiger partial charge in [-0.05, 0) is 49.8 Å². The Labute approximate surface area is 183 Å². The molecule has 32 heavy (non-hydrogen) atoms. The van der Waals surface area contributed by atoms with Gasteiger partial charge in [-0.15, -0.1) is 0 Å². The van der Waals surface area contributed by atoms with Gasteiger partial charge in [0.15, 0.2) is 23.3 Å². The second-order valence-electron chi connectivity index (χ2n) is 6.94. The maximum absolute atomic E-state index is 14.1. The number of hydrogen-bond acceptors (Lipinski definition) is 3. The van der Waals surface area contributed by atoms with Crippen LogP contribution in [-0.4, -0.2) is 11.6 Å². The highest BCUT2D eigenvalue weighted by atomic mass is 35.5. The molecule has 164 valence electrons. The number of carbonyl (C=O) groups is 1. The Hall–Kier alpha value is -3.46. The van der Waals surface area contributed by atoms with Crippen molar-refractivity contribution in [2.45, 2.75) is 13.8 Å². The topological polar surface area (TPSA) is 45.8 Å². The van der Waals surface area contributed by atoms with E-state index in [1.54, 1.807) is 30.3 Å². The van der Waals surface area contributed by atoms with Crippen molar-refractivity contribution in [3.63, 3.8) is 0 Å². The SMILES string of the molecule is CC1=NN(c2c(F)c(F)c(F)c(F)c2F)C(=O)/C1=C\c1ccc(-c2cc(Cl)ccc2C)o1. The molecule has 0 aliphatic carbocycles. The summed E-state index contributed by atoms with van der Waals surface area (Å²) in [4.78, 5) is 12.7. The van der Waals surface area contributed by atoms with Gasteiger partial charge in [-0.1, -0.05) is 17.7 Å². The van der Waals surface area contributed by atoms with Crippen LogP contribution in [0.4, 0.5) is 27.6 Å². The highest BCUT2D eigenvalue weighted by molar-refractivity contribution is 6.32. The van der Waals surface area contributed by atoms with Crippen LogP contribution in [0, 0.1) is 36.0 Å². The van der Waals surface area contributed by atoms with E-state index in [0.717, 1.165) is 5.56 Å². The Morgan fingerprint density at radius 2 is 1.56 bits per heavy atom. The van der Waals surface area contributed by atoms with Gasteiger partial charge in [-0.2, -0.15) is 10.1 Å². The first-order chi connectivity index (χ1) is 15.1. The van der Waals surface area contributed by atoms with Crippen LogP contribution in [0.2, 0.25) is 5.02 Å². The first kappa shape index (κ1) is 21.8. The summed E-state index contributed by atoms with van der Waals surface area (Å²) < 4.78 is 74.4. The van der Waals surface area contributed by atoms with E-state index in [-0.39, 0.29) is 22.1 Å². The van der Waals surface area contributed by atoms with Gasteiger partial charge in [0.05, 0.1) is 11.3 Å². The van der Waals surface area contributed by atoms with E-state index in [1.807, 2.05) is 6.92 Å². The van der Waals surface area contributed by atoms with Gasteiger partial charge < -0.3 is 4.42 Å². The summed E-state index contributed by atoms with van der Waals surface area (Å²) in [5.41, 5.74) is 0.000710. The third kappa shape index (κ3) is 3.48. The van der Waals surface area contributed by atoms with Gasteiger partial charge in [0.25, 0.3) is 5.91 Å². The number of nitrogens with zero attached hydrogens (tertiary/aromatic N) is 2. The van der Waals surface area contributed by atoms with Crippen LogP contribution in [0.3, 0.4) is 0 Å². The lowest BCUT2D eigenvalue weighted by molar-refractivity contribution is -0.114. The van der Waals surface area contributed by atoms with Crippen molar-refractivity contribution in [1.82, 2.24) is 0 Å². The standard InChI is InChI=1S/C22H12ClF5N2O2/c1-9-3-4-11(23)7-13(9)15-6-5-12(32-15)8-14-10(2)29-30(22(14)31)21-19(27)17(25)16(24)18(26)20(21)28/h3-8H,1-2H3/b14-8-. The van der Waals surface area contributed by atoms with Crippen molar-refractivity contribution in [2.75, 3.05) is 5.01 Å². The van der Waals surface area contributed by atoms with E-state index in [1.165, 1.54) is 13.0 Å². The van der Waals surface area contributed by atoms with E-state index in [9.17, 15) is 26.7 Å². The number of hydrogen-bond donors (Lipinski definition) is 0. The zero-order valence-corrected chi connectivity index (χ0v) is 17.2. The molecule has 0 spiro atoms. The molecule has 2 aromatic carbocycles. The molecule has 0 saturated heterocycles. The number of furan rings is 1. The Bertz CT molecular complexity index is 1320. The maximum Gasteiger partial charge on any atom is 0.280 e. The molecule has 3 aromatic rings. The summed E-state index contributed by atoms with van der Waals surface area (Å²) in [7, 11) is 0. The maximum atomic E-state index is 14.1. The third-order valence-corrected chi connectivity index (χ3v) is 5.07. The molecular weight excluding hydrogens is 455 g/mol. The largest absolute Gasteiger partial charge is 0.457 e. The number of carbonyl (C=O) groups excluding carboxylic acids is 1. The number of amides is 1. The summed E-state index contributed by atoms with van der Waals surface area (Å²) in [5, 5.41) is 4.31. The quantitative estimate of drug-likeness (QED) is 0.194. The predicted octanol–water partition coefficient (Wildman–Crippen LogP) is 6.41. The normalized spacial score (nSPS) is 15.1. The van der Waals surface area contributed by atoms with Gasteiger partial charge in [0, 0.05) is 10.6 Å². The molecule has 0 radical (unpaired) electrons. The minimum atomic E-state index is -2.33. The number of anilines is 1. The number of aryl methyl sites for hydroxylation is 1. The number of halogens is 6. The molecule has 0 N–H and O–H groups in total. The first-order valence-electron chi connectivity index (χ1n) is 9.09. The highest BCUT2D eigenvalue weighted by Gasteiger charge is 2.37. The van der Waals surface area contributed by atoms with Crippen LogP contribution in [0.1, 0.15) is 18.2 Å². The van der Waals surface area contributed by atoms with Crippen LogP contribution < -0.4 is 5.01 Å². The molecule has 0 saturated carbocycles. The Morgan fingerprint density at radius 3 is 2.22 bits per heavy atom.